The largest absolute Gasteiger partial charge is 0.472 e. The van der Waals surface area contributed by atoms with Crippen molar-refractivity contribution in [1.82, 2.24) is 5.32 Å². The highest BCUT2D eigenvalue weighted by atomic mass is 16.3. The van der Waals surface area contributed by atoms with Crippen LogP contribution in [-0.4, -0.2) is 6.54 Å². The van der Waals surface area contributed by atoms with Crippen LogP contribution in [0.25, 0.3) is 0 Å². The van der Waals surface area contributed by atoms with Crippen molar-refractivity contribution in [2.45, 2.75) is 32.7 Å². The van der Waals surface area contributed by atoms with E-state index in [0.29, 0.717) is 5.41 Å². The van der Waals surface area contributed by atoms with Crippen LogP contribution in [0.15, 0.2) is 23.0 Å². The Morgan fingerprint density at radius 3 is 2.92 bits per heavy atom. The van der Waals surface area contributed by atoms with Gasteiger partial charge in [0.25, 0.3) is 0 Å². The van der Waals surface area contributed by atoms with E-state index in [-0.39, 0.29) is 0 Å². The molecule has 0 spiro atoms. The summed E-state index contributed by atoms with van der Waals surface area (Å²) in [5.41, 5.74) is 1.89. The van der Waals surface area contributed by atoms with Crippen LogP contribution < -0.4 is 5.32 Å². The van der Waals surface area contributed by atoms with E-state index in [4.69, 9.17) is 4.42 Å². The smallest absolute Gasteiger partial charge is 0.0947 e. The van der Waals surface area contributed by atoms with Crippen LogP contribution >= 0.6 is 0 Å². The van der Waals surface area contributed by atoms with E-state index >= 15 is 0 Å². The number of hydrogen-bond acceptors (Lipinski definition) is 2. The highest BCUT2D eigenvalue weighted by molar-refractivity contribution is 5.05. The van der Waals surface area contributed by atoms with Crippen molar-refractivity contribution in [3.05, 3.63) is 24.2 Å². The molecular weight excluding hydrogens is 162 g/mol. The molecular formula is C11H17NO. The Balaban J connectivity index is 1.70. The Morgan fingerprint density at radius 1 is 1.54 bits per heavy atom. The maximum Gasteiger partial charge on any atom is 0.0947 e. The fourth-order valence-electron chi connectivity index (χ4n) is 1.70. The van der Waals surface area contributed by atoms with E-state index in [9.17, 15) is 0 Å². The van der Waals surface area contributed by atoms with Crippen LogP contribution in [0, 0.1) is 5.41 Å². The molecule has 2 rings (SSSR count). The molecule has 2 heteroatoms. The highest BCUT2D eigenvalue weighted by Crippen LogP contribution is 2.47. The molecule has 0 saturated heterocycles. The molecule has 0 aromatic carbocycles. The quantitative estimate of drug-likeness (QED) is 0.751. The minimum atomic E-state index is 0.643. The molecule has 2 nitrogen and oxygen atoms in total. The second kappa shape index (κ2) is 3.54. The van der Waals surface area contributed by atoms with Crippen molar-refractivity contribution in [3.8, 4) is 0 Å². The standard InChI is InChI=1S/C11H17NO/c1-2-11(4-5-11)9-12-7-10-3-6-13-8-10/h3,6,8,12H,2,4-5,7,9H2,1H3. The van der Waals surface area contributed by atoms with Gasteiger partial charge in [0.05, 0.1) is 12.5 Å². The van der Waals surface area contributed by atoms with Gasteiger partial charge in [0.2, 0.25) is 0 Å². The van der Waals surface area contributed by atoms with Gasteiger partial charge < -0.3 is 9.73 Å². The molecule has 0 unspecified atom stereocenters. The second-order valence-corrected chi connectivity index (χ2v) is 4.09. The number of furan rings is 1. The van der Waals surface area contributed by atoms with E-state index < -0.39 is 0 Å². The zero-order chi connectivity index (χ0) is 9.15. The summed E-state index contributed by atoms with van der Waals surface area (Å²) in [6.45, 7) is 4.39. The molecule has 1 heterocycles. The van der Waals surface area contributed by atoms with Gasteiger partial charge in [0, 0.05) is 18.7 Å². The van der Waals surface area contributed by atoms with Gasteiger partial charge in [-0.25, -0.2) is 0 Å². The molecule has 1 fully saturated rings. The third-order valence-electron chi connectivity index (χ3n) is 3.12. The zero-order valence-corrected chi connectivity index (χ0v) is 8.18. The molecule has 0 radical (unpaired) electrons. The third-order valence-corrected chi connectivity index (χ3v) is 3.12. The lowest BCUT2D eigenvalue weighted by molar-refractivity contribution is 0.442. The van der Waals surface area contributed by atoms with E-state index in [1.807, 2.05) is 6.07 Å². The molecule has 1 aromatic heterocycles. The predicted molar refractivity (Wildman–Crippen MR) is 52.4 cm³/mol. The summed E-state index contributed by atoms with van der Waals surface area (Å²) in [5, 5.41) is 3.48. The van der Waals surface area contributed by atoms with Crippen molar-refractivity contribution in [3.63, 3.8) is 0 Å². The average Bonchev–Trinajstić information content (AvgIpc) is 2.74. The SMILES string of the molecule is CCC1(CNCc2ccoc2)CC1. The lowest BCUT2D eigenvalue weighted by atomic mass is 10.0. The summed E-state index contributed by atoms with van der Waals surface area (Å²) >= 11 is 0. The molecule has 0 bridgehead atoms. The lowest BCUT2D eigenvalue weighted by Crippen LogP contribution is -2.22. The summed E-state index contributed by atoms with van der Waals surface area (Å²) in [7, 11) is 0. The van der Waals surface area contributed by atoms with Gasteiger partial charge >= 0.3 is 0 Å². The van der Waals surface area contributed by atoms with Gasteiger partial charge in [0.1, 0.15) is 0 Å². The molecule has 0 aliphatic heterocycles. The van der Waals surface area contributed by atoms with E-state index in [1.165, 1.54) is 24.8 Å². The van der Waals surface area contributed by atoms with Crippen molar-refractivity contribution in [2.24, 2.45) is 5.41 Å². The van der Waals surface area contributed by atoms with Gasteiger partial charge in [-0.2, -0.15) is 0 Å². The third kappa shape index (κ3) is 2.13. The minimum absolute atomic E-state index is 0.643. The Kier molecular flexibility index (Phi) is 2.40. The first-order valence-corrected chi connectivity index (χ1v) is 5.06. The molecule has 1 aromatic rings. The normalized spacial score (nSPS) is 18.8. The van der Waals surface area contributed by atoms with Gasteiger partial charge in [-0.1, -0.05) is 6.92 Å². The van der Waals surface area contributed by atoms with Crippen LogP contribution in [-0.2, 0) is 6.54 Å². The number of nitrogens with one attached hydrogen (secondary N) is 1. The highest BCUT2D eigenvalue weighted by Gasteiger charge is 2.39. The Hall–Kier alpha value is -0.760. The summed E-state index contributed by atoms with van der Waals surface area (Å²) in [6.07, 6.45) is 7.65. The number of hydrogen-bond donors (Lipinski definition) is 1. The Morgan fingerprint density at radius 2 is 2.38 bits per heavy atom. The molecule has 0 atom stereocenters. The summed E-state index contributed by atoms with van der Waals surface area (Å²) in [6, 6.07) is 2.01. The van der Waals surface area contributed by atoms with Crippen LogP contribution in [0.1, 0.15) is 31.7 Å². The average molecular weight is 179 g/mol. The fourth-order valence-corrected chi connectivity index (χ4v) is 1.70. The topological polar surface area (TPSA) is 25.2 Å². The van der Waals surface area contributed by atoms with Gasteiger partial charge in [-0.15, -0.1) is 0 Å². The van der Waals surface area contributed by atoms with E-state index in [2.05, 4.69) is 12.2 Å². The van der Waals surface area contributed by atoms with Gasteiger partial charge in [-0.05, 0) is 30.7 Å². The second-order valence-electron chi connectivity index (χ2n) is 4.09. The van der Waals surface area contributed by atoms with E-state index in [1.54, 1.807) is 12.5 Å². The summed E-state index contributed by atoms with van der Waals surface area (Å²) in [5.74, 6) is 0. The van der Waals surface area contributed by atoms with Gasteiger partial charge in [0.15, 0.2) is 0 Å². The zero-order valence-electron chi connectivity index (χ0n) is 8.18. The predicted octanol–water partition coefficient (Wildman–Crippen LogP) is 2.56. The van der Waals surface area contributed by atoms with E-state index in [0.717, 1.165) is 13.1 Å². The lowest BCUT2D eigenvalue weighted by Gasteiger charge is -2.12. The fraction of sp³-hybridized carbons (Fsp3) is 0.636. The van der Waals surface area contributed by atoms with Crippen LogP contribution in [0.3, 0.4) is 0 Å². The van der Waals surface area contributed by atoms with Crippen molar-refractivity contribution in [2.75, 3.05) is 6.54 Å². The summed E-state index contributed by atoms with van der Waals surface area (Å²) < 4.78 is 5.00. The monoisotopic (exact) mass is 179 g/mol. The first-order valence-electron chi connectivity index (χ1n) is 5.06. The first kappa shape index (κ1) is 8.82. The maximum absolute atomic E-state index is 5.00. The molecule has 1 aliphatic carbocycles. The number of rotatable bonds is 5. The molecule has 0 amide bonds. The Bertz CT molecular complexity index is 249. The van der Waals surface area contributed by atoms with Crippen molar-refractivity contribution < 1.29 is 4.42 Å². The molecule has 1 saturated carbocycles. The molecule has 1 aliphatic rings. The van der Waals surface area contributed by atoms with Crippen LogP contribution in [0.5, 0.6) is 0 Å². The van der Waals surface area contributed by atoms with Crippen molar-refractivity contribution >= 4 is 0 Å². The molecule has 72 valence electrons. The summed E-state index contributed by atoms with van der Waals surface area (Å²) in [4.78, 5) is 0. The van der Waals surface area contributed by atoms with Crippen LogP contribution in [0.2, 0.25) is 0 Å². The maximum atomic E-state index is 5.00. The Labute approximate surface area is 79.3 Å². The molecule has 13 heavy (non-hydrogen) atoms. The first-order chi connectivity index (χ1) is 6.35. The minimum Gasteiger partial charge on any atom is -0.472 e. The van der Waals surface area contributed by atoms with Gasteiger partial charge in [-0.3, -0.25) is 0 Å². The molecule has 1 N–H and O–H groups in total. The van der Waals surface area contributed by atoms with Crippen molar-refractivity contribution in [1.29, 1.82) is 0 Å². The van der Waals surface area contributed by atoms with Crippen LogP contribution in [0.4, 0.5) is 0 Å².